The molecule has 2 rings (SSSR count). The molecule has 1 aromatic rings. The highest BCUT2D eigenvalue weighted by Gasteiger charge is 2.39. The SMILES string of the molecule is COC(=O)CC1(O)C=CCCC1c1ccccc1. The van der Waals surface area contributed by atoms with E-state index in [1.54, 1.807) is 6.08 Å². The molecule has 18 heavy (non-hydrogen) atoms. The van der Waals surface area contributed by atoms with Gasteiger partial charge in [-0.15, -0.1) is 0 Å². The third-order valence-corrected chi connectivity index (χ3v) is 3.49. The van der Waals surface area contributed by atoms with E-state index in [1.807, 2.05) is 36.4 Å². The first kappa shape index (κ1) is 12.8. The van der Waals surface area contributed by atoms with Crippen LogP contribution in [0, 0.1) is 0 Å². The van der Waals surface area contributed by atoms with Crippen LogP contribution in [0.5, 0.6) is 0 Å². The van der Waals surface area contributed by atoms with Gasteiger partial charge in [0.25, 0.3) is 0 Å². The Morgan fingerprint density at radius 3 is 2.83 bits per heavy atom. The van der Waals surface area contributed by atoms with Gasteiger partial charge in [-0.25, -0.2) is 0 Å². The van der Waals surface area contributed by atoms with Gasteiger partial charge in [-0.2, -0.15) is 0 Å². The smallest absolute Gasteiger partial charge is 0.308 e. The summed E-state index contributed by atoms with van der Waals surface area (Å²) in [6.45, 7) is 0. The van der Waals surface area contributed by atoms with E-state index in [2.05, 4.69) is 4.74 Å². The van der Waals surface area contributed by atoms with Crippen molar-refractivity contribution in [1.29, 1.82) is 0 Å². The van der Waals surface area contributed by atoms with Crippen LogP contribution in [0.3, 0.4) is 0 Å². The summed E-state index contributed by atoms with van der Waals surface area (Å²) in [7, 11) is 1.34. The van der Waals surface area contributed by atoms with Crippen LogP contribution in [-0.2, 0) is 9.53 Å². The summed E-state index contributed by atoms with van der Waals surface area (Å²) in [4.78, 5) is 11.4. The van der Waals surface area contributed by atoms with Crippen molar-refractivity contribution in [2.45, 2.75) is 30.8 Å². The van der Waals surface area contributed by atoms with Gasteiger partial charge < -0.3 is 9.84 Å². The van der Waals surface area contributed by atoms with Crippen molar-refractivity contribution < 1.29 is 14.6 Å². The van der Waals surface area contributed by atoms with Crippen molar-refractivity contribution in [2.24, 2.45) is 0 Å². The van der Waals surface area contributed by atoms with Gasteiger partial charge in [-0.05, 0) is 18.4 Å². The number of hydrogen-bond acceptors (Lipinski definition) is 3. The Morgan fingerprint density at radius 1 is 1.44 bits per heavy atom. The summed E-state index contributed by atoms with van der Waals surface area (Å²) in [5.41, 5.74) is -0.0690. The molecule has 0 aliphatic heterocycles. The van der Waals surface area contributed by atoms with Gasteiger partial charge in [0.05, 0.1) is 13.5 Å². The van der Waals surface area contributed by atoms with E-state index in [-0.39, 0.29) is 18.3 Å². The van der Waals surface area contributed by atoms with Gasteiger partial charge in [0.1, 0.15) is 5.60 Å². The maximum atomic E-state index is 11.4. The zero-order chi connectivity index (χ0) is 13.0. The zero-order valence-electron chi connectivity index (χ0n) is 10.5. The van der Waals surface area contributed by atoms with Crippen LogP contribution in [0.2, 0.25) is 0 Å². The van der Waals surface area contributed by atoms with Gasteiger partial charge in [0.15, 0.2) is 0 Å². The maximum Gasteiger partial charge on any atom is 0.308 e. The highest BCUT2D eigenvalue weighted by atomic mass is 16.5. The second-order valence-corrected chi connectivity index (χ2v) is 4.69. The third kappa shape index (κ3) is 2.62. The number of hydrogen-bond donors (Lipinski definition) is 1. The summed E-state index contributed by atoms with van der Waals surface area (Å²) in [6, 6.07) is 9.83. The second kappa shape index (κ2) is 5.36. The van der Waals surface area contributed by atoms with Gasteiger partial charge in [0, 0.05) is 5.92 Å². The van der Waals surface area contributed by atoms with Crippen LogP contribution in [0.1, 0.15) is 30.7 Å². The Morgan fingerprint density at radius 2 is 2.17 bits per heavy atom. The maximum absolute atomic E-state index is 11.4. The van der Waals surface area contributed by atoms with Crippen molar-refractivity contribution in [1.82, 2.24) is 0 Å². The number of ether oxygens (including phenoxy) is 1. The molecule has 0 amide bonds. The molecule has 0 saturated carbocycles. The van der Waals surface area contributed by atoms with Crippen molar-refractivity contribution >= 4 is 5.97 Å². The Balaban J connectivity index is 2.28. The number of benzene rings is 1. The van der Waals surface area contributed by atoms with E-state index in [0.717, 1.165) is 18.4 Å². The molecule has 0 spiro atoms. The zero-order valence-corrected chi connectivity index (χ0v) is 10.5. The third-order valence-electron chi connectivity index (χ3n) is 3.49. The number of rotatable bonds is 3. The Bertz CT molecular complexity index is 438. The first-order valence-electron chi connectivity index (χ1n) is 6.17. The highest BCUT2D eigenvalue weighted by molar-refractivity contribution is 5.71. The number of aliphatic hydroxyl groups is 1. The number of methoxy groups -OCH3 is 1. The minimum Gasteiger partial charge on any atom is -0.469 e. The molecule has 1 N–H and O–H groups in total. The summed E-state index contributed by atoms with van der Waals surface area (Å²) in [5, 5.41) is 10.7. The van der Waals surface area contributed by atoms with Crippen molar-refractivity contribution in [2.75, 3.05) is 7.11 Å². The molecular formula is C15H18O3. The fourth-order valence-corrected chi connectivity index (χ4v) is 2.54. The molecule has 0 bridgehead atoms. The Labute approximate surface area is 107 Å². The van der Waals surface area contributed by atoms with E-state index >= 15 is 0 Å². The normalized spacial score (nSPS) is 26.9. The quantitative estimate of drug-likeness (QED) is 0.658. The van der Waals surface area contributed by atoms with E-state index in [9.17, 15) is 9.90 Å². The van der Waals surface area contributed by atoms with Gasteiger partial charge in [-0.1, -0.05) is 42.5 Å². The molecule has 1 aliphatic carbocycles. The summed E-state index contributed by atoms with van der Waals surface area (Å²) < 4.78 is 4.67. The molecule has 2 atom stereocenters. The van der Waals surface area contributed by atoms with Crippen LogP contribution in [0.4, 0.5) is 0 Å². The first-order chi connectivity index (χ1) is 8.65. The lowest BCUT2D eigenvalue weighted by Gasteiger charge is -2.36. The molecule has 3 nitrogen and oxygen atoms in total. The minimum absolute atomic E-state index is 0.000436. The molecule has 0 heterocycles. The average Bonchev–Trinajstić information content (AvgIpc) is 2.39. The second-order valence-electron chi connectivity index (χ2n) is 4.69. The first-order valence-corrected chi connectivity index (χ1v) is 6.17. The van der Waals surface area contributed by atoms with Gasteiger partial charge >= 0.3 is 5.97 Å². The fourth-order valence-electron chi connectivity index (χ4n) is 2.54. The molecule has 96 valence electrons. The van der Waals surface area contributed by atoms with Crippen molar-refractivity contribution in [3.05, 3.63) is 48.0 Å². The van der Waals surface area contributed by atoms with Crippen LogP contribution in [0.25, 0.3) is 0 Å². The number of allylic oxidation sites excluding steroid dienone is 1. The Kier molecular flexibility index (Phi) is 3.82. The molecule has 0 aromatic heterocycles. The molecule has 0 saturated heterocycles. The van der Waals surface area contributed by atoms with E-state index in [1.165, 1.54) is 7.11 Å². The van der Waals surface area contributed by atoms with Crippen molar-refractivity contribution in [3.63, 3.8) is 0 Å². The van der Waals surface area contributed by atoms with E-state index in [4.69, 9.17) is 0 Å². The predicted molar refractivity (Wildman–Crippen MR) is 69.1 cm³/mol. The minimum atomic E-state index is -1.13. The summed E-state index contributed by atoms with van der Waals surface area (Å²) in [6.07, 6.45) is 5.43. The number of carbonyl (C=O) groups excluding carboxylic acids is 1. The summed E-state index contributed by atoms with van der Waals surface area (Å²) >= 11 is 0. The van der Waals surface area contributed by atoms with Crippen LogP contribution in [0.15, 0.2) is 42.5 Å². The molecule has 3 heteroatoms. The predicted octanol–water partition coefficient (Wildman–Crippen LogP) is 2.41. The average molecular weight is 246 g/mol. The lowest BCUT2D eigenvalue weighted by atomic mass is 9.74. The topological polar surface area (TPSA) is 46.5 Å². The van der Waals surface area contributed by atoms with E-state index < -0.39 is 5.60 Å². The monoisotopic (exact) mass is 246 g/mol. The number of esters is 1. The molecule has 2 unspecified atom stereocenters. The molecule has 0 fully saturated rings. The molecule has 0 radical (unpaired) electrons. The lowest BCUT2D eigenvalue weighted by molar-refractivity contribution is -0.145. The fraction of sp³-hybridized carbons (Fsp3) is 0.400. The molecule has 1 aliphatic rings. The standard InChI is InChI=1S/C15H18O3/c1-18-14(16)11-15(17)10-6-5-9-13(15)12-7-3-2-4-8-12/h2-4,6-8,10,13,17H,5,9,11H2,1H3. The van der Waals surface area contributed by atoms with E-state index in [0.29, 0.717) is 0 Å². The summed E-state index contributed by atoms with van der Waals surface area (Å²) in [5.74, 6) is -0.437. The lowest BCUT2D eigenvalue weighted by Crippen LogP contribution is -2.38. The van der Waals surface area contributed by atoms with Crippen LogP contribution >= 0.6 is 0 Å². The molecular weight excluding hydrogens is 228 g/mol. The highest BCUT2D eigenvalue weighted by Crippen LogP contribution is 2.39. The largest absolute Gasteiger partial charge is 0.469 e. The van der Waals surface area contributed by atoms with Crippen LogP contribution < -0.4 is 0 Å². The Hall–Kier alpha value is -1.61. The molecule has 1 aromatic carbocycles. The van der Waals surface area contributed by atoms with Gasteiger partial charge in [-0.3, -0.25) is 4.79 Å². The van der Waals surface area contributed by atoms with Crippen LogP contribution in [-0.4, -0.2) is 23.8 Å². The number of carbonyl (C=O) groups is 1. The van der Waals surface area contributed by atoms with Crippen molar-refractivity contribution in [3.8, 4) is 0 Å². The van der Waals surface area contributed by atoms with Gasteiger partial charge in [0.2, 0.25) is 0 Å².